The monoisotopic (exact) mass is 554 g/mol. The van der Waals surface area contributed by atoms with Gasteiger partial charge in [-0.15, -0.1) is 0 Å². The maximum Gasteiger partial charge on any atom is 0.430 e. The largest absolute Gasteiger partial charge is 0.611 e. The Bertz CT molecular complexity index is 1100. The lowest BCUT2D eigenvalue weighted by Crippen LogP contribution is -2.54. The van der Waals surface area contributed by atoms with E-state index in [1.807, 2.05) is 0 Å². The molecule has 2 atom stereocenters. The highest BCUT2D eigenvalue weighted by Gasteiger charge is 2.71. The van der Waals surface area contributed by atoms with Crippen LogP contribution in [0, 0.1) is 5.82 Å². The smallest absolute Gasteiger partial charge is 0.430 e. The number of likely N-dealkylation sites (tertiary alicyclic amines) is 1. The van der Waals surface area contributed by atoms with Gasteiger partial charge in [-0.1, -0.05) is 24.3 Å². The van der Waals surface area contributed by atoms with E-state index in [1.54, 1.807) is 20.8 Å². The number of hydrogen-bond acceptors (Lipinski definition) is 3. The van der Waals surface area contributed by atoms with Crippen LogP contribution >= 0.6 is 0 Å². The Balaban J connectivity index is 2.07. The highest BCUT2D eigenvalue weighted by Crippen LogP contribution is 2.51. The average molecular weight is 555 g/mol. The molecule has 1 aliphatic heterocycles. The molecule has 2 unspecified atom stereocenters. The van der Waals surface area contributed by atoms with Crippen molar-refractivity contribution in [3.05, 3.63) is 65.5 Å². The van der Waals surface area contributed by atoms with Crippen molar-refractivity contribution in [2.75, 3.05) is 13.1 Å². The van der Waals surface area contributed by atoms with Gasteiger partial charge in [0, 0.05) is 29.6 Å². The van der Waals surface area contributed by atoms with Crippen molar-refractivity contribution >= 4 is 17.2 Å². The fraction of sp³-hybridized carbons (Fsp3) is 0.458. The van der Waals surface area contributed by atoms with Crippen LogP contribution in [0.1, 0.15) is 38.3 Å². The summed E-state index contributed by atoms with van der Waals surface area (Å²) in [5, 5.41) is 12.5. The van der Waals surface area contributed by atoms with E-state index < -0.39 is 56.8 Å². The molecular weight excluding hydrogens is 529 g/mol. The van der Waals surface area contributed by atoms with Crippen molar-refractivity contribution in [1.82, 2.24) is 10.2 Å². The third-order valence-corrected chi connectivity index (χ3v) is 8.01. The SMILES string of the molecule is CC(C)(C)NC(=O)N1CCC(c2ccc(C(O)(C(F)(F)F)C(F)(F)F)cc2)([S+]([O-])c2ccc(F)cc2)C1. The minimum absolute atomic E-state index is 0.0523. The van der Waals surface area contributed by atoms with E-state index in [0.29, 0.717) is 12.1 Å². The highest BCUT2D eigenvalue weighted by atomic mass is 32.2. The molecular formula is C24H25F7N2O3S. The highest BCUT2D eigenvalue weighted by molar-refractivity contribution is 7.92. The molecule has 2 amide bonds. The molecule has 2 aromatic carbocycles. The minimum atomic E-state index is -6.06. The quantitative estimate of drug-likeness (QED) is 0.395. The Morgan fingerprint density at radius 2 is 1.49 bits per heavy atom. The van der Waals surface area contributed by atoms with Gasteiger partial charge < -0.3 is 19.9 Å². The van der Waals surface area contributed by atoms with Crippen LogP contribution in [0.2, 0.25) is 0 Å². The second-order valence-electron chi connectivity index (χ2n) is 9.85. The molecule has 0 aliphatic carbocycles. The first-order valence-corrected chi connectivity index (χ1v) is 12.2. The second kappa shape index (κ2) is 9.66. The molecule has 204 valence electrons. The maximum atomic E-state index is 13.8. The number of halogens is 7. The van der Waals surface area contributed by atoms with Crippen LogP contribution in [-0.2, 0) is 21.5 Å². The second-order valence-corrected chi connectivity index (χ2v) is 11.6. The lowest BCUT2D eigenvalue weighted by atomic mass is 9.89. The van der Waals surface area contributed by atoms with E-state index >= 15 is 0 Å². The van der Waals surface area contributed by atoms with Crippen LogP contribution in [-0.4, -0.2) is 51.6 Å². The Morgan fingerprint density at radius 1 is 0.973 bits per heavy atom. The number of nitrogens with zero attached hydrogens (tertiary/aromatic N) is 1. The van der Waals surface area contributed by atoms with Gasteiger partial charge in [0.15, 0.2) is 9.64 Å². The maximum absolute atomic E-state index is 13.8. The molecule has 1 fully saturated rings. The van der Waals surface area contributed by atoms with Gasteiger partial charge in [-0.05, 0) is 56.2 Å². The van der Waals surface area contributed by atoms with Crippen LogP contribution in [0.4, 0.5) is 35.5 Å². The summed E-state index contributed by atoms with van der Waals surface area (Å²) in [6.45, 7) is 5.14. The van der Waals surface area contributed by atoms with Gasteiger partial charge in [0.2, 0.25) is 0 Å². The number of rotatable bonds is 4. The summed E-state index contributed by atoms with van der Waals surface area (Å²) < 4.78 is 106. The Kier molecular flexibility index (Phi) is 7.59. The Morgan fingerprint density at radius 3 is 1.95 bits per heavy atom. The van der Waals surface area contributed by atoms with Gasteiger partial charge in [0.1, 0.15) is 5.82 Å². The third kappa shape index (κ3) is 5.53. The predicted octanol–water partition coefficient (Wildman–Crippen LogP) is 5.35. The van der Waals surface area contributed by atoms with Crippen molar-refractivity contribution in [2.45, 2.75) is 60.3 Å². The van der Waals surface area contributed by atoms with E-state index in [2.05, 4.69) is 5.32 Å². The number of carbonyl (C=O) groups is 1. The van der Waals surface area contributed by atoms with Crippen LogP contribution in [0.25, 0.3) is 0 Å². The first kappa shape index (κ1) is 29.1. The summed E-state index contributed by atoms with van der Waals surface area (Å²) in [6, 6.07) is 6.98. The molecule has 2 N–H and O–H groups in total. The number of alkyl halides is 6. The van der Waals surface area contributed by atoms with Crippen molar-refractivity contribution in [2.24, 2.45) is 0 Å². The van der Waals surface area contributed by atoms with Crippen LogP contribution in [0.5, 0.6) is 0 Å². The van der Waals surface area contributed by atoms with Gasteiger partial charge in [0.05, 0.1) is 6.54 Å². The number of nitrogens with one attached hydrogen (secondary N) is 1. The number of benzene rings is 2. The van der Waals surface area contributed by atoms with E-state index in [9.17, 15) is 45.2 Å². The summed E-state index contributed by atoms with van der Waals surface area (Å²) in [5.74, 6) is -0.602. The minimum Gasteiger partial charge on any atom is -0.611 e. The standard InChI is InChI=1S/C24H25F7N2O3S/c1-20(2,3)32-19(34)33-13-12-21(14-33,37(36)18-10-8-17(25)9-11-18)15-4-6-16(7-5-15)22(35,23(26,27)28)24(29,30)31/h4-11,35H,12-14H2,1-3H3,(H,32,34). The Hall–Kier alpha value is -2.51. The normalized spacial score (nSPS) is 20.2. The van der Waals surface area contributed by atoms with Crippen molar-refractivity contribution in [3.8, 4) is 0 Å². The lowest BCUT2D eigenvalue weighted by Gasteiger charge is -2.35. The molecule has 1 aliphatic rings. The predicted molar refractivity (Wildman–Crippen MR) is 121 cm³/mol. The van der Waals surface area contributed by atoms with Gasteiger partial charge in [-0.25, -0.2) is 9.18 Å². The topological polar surface area (TPSA) is 75.6 Å². The van der Waals surface area contributed by atoms with E-state index in [-0.39, 0.29) is 30.0 Å². The zero-order valence-electron chi connectivity index (χ0n) is 20.0. The van der Waals surface area contributed by atoms with E-state index in [4.69, 9.17) is 0 Å². The summed E-state index contributed by atoms with van der Waals surface area (Å²) >= 11 is -1.99. The lowest BCUT2D eigenvalue weighted by molar-refractivity contribution is -0.376. The molecule has 2 aromatic rings. The number of carbonyl (C=O) groups excluding carboxylic acids is 1. The summed E-state index contributed by atoms with van der Waals surface area (Å²) in [7, 11) is 0. The van der Waals surface area contributed by atoms with Crippen molar-refractivity contribution < 1.29 is 45.2 Å². The molecule has 0 saturated carbocycles. The van der Waals surface area contributed by atoms with Gasteiger partial charge >= 0.3 is 18.4 Å². The fourth-order valence-electron chi connectivity index (χ4n) is 4.14. The molecule has 0 spiro atoms. The molecule has 0 bridgehead atoms. The first-order valence-electron chi connectivity index (χ1n) is 11.0. The molecule has 1 saturated heterocycles. The van der Waals surface area contributed by atoms with E-state index in [0.717, 1.165) is 24.3 Å². The third-order valence-electron chi connectivity index (χ3n) is 6.03. The molecule has 1 heterocycles. The van der Waals surface area contributed by atoms with Crippen LogP contribution in [0.15, 0.2) is 53.4 Å². The zero-order chi connectivity index (χ0) is 28.0. The number of hydrogen-bond donors (Lipinski definition) is 2. The van der Waals surface area contributed by atoms with Crippen molar-refractivity contribution in [1.29, 1.82) is 0 Å². The summed E-state index contributed by atoms with van der Waals surface area (Å²) in [4.78, 5) is 14.3. The van der Waals surface area contributed by atoms with Crippen LogP contribution in [0.3, 0.4) is 0 Å². The summed E-state index contributed by atoms with van der Waals surface area (Å²) in [6.07, 6.45) is -12.1. The van der Waals surface area contributed by atoms with Gasteiger partial charge in [0.25, 0.3) is 5.60 Å². The first-order chi connectivity index (χ1) is 16.8. The molecule has 13 heteroatoms. The van der Waals surface area contributed by atoms with Crippen LogP contribution < -0.4 is 5.32 Å². The average Bonchev–Trinajstić information content (AvgIpc) is 3.23. The molecule has 37 heavy (non-hydrogen) atoms. The zero-order valence-corrected chi connectivity index (χ0v) is 20.8. The molecule has 0 aromatic heterocycles. The number of aliphatic hydroxyl groups is 1. The molecule has 0 radical (unpaired) electrons. The number of amides is 2. The van der Waals surface area contributed by atoms with Crippen molar-refractivity contribution in [3.63, 3.8) is 0 Å². The van der Waals surface area contributed by atoms with E-state index in [1.165, 1.54) is 17.0 Å². The fourth-order valence-corrected chi connectivity index (χ4v) is 5.87. The Labute approximate surface area is 211 Å². The van der Waals surface area contributed by atoms with Gasteiger partial charge in [-0.2, -0.15) is 26.3 Å². The number of urea groups is 1. The molecule has 5 nitrogen and oxygen atoms in total. The molecule has 3 rings (SSSR count). The summed E-state index contributed by atoms with van der Waals surface area (Å²) in [5.41, 5.74) is -7.09. The van der Waals surface area contributed by atoms with Gasteiger partial charge in [-0.3, -0.25) is 0 Å².